The van der Waals surface area contributed by atoms with Crippen LogP contribution in [0.5, 0.6) is 0 Å². The molecule has 0 bridgehead atoms. The van der Waals surface area contributed by atoms with Gasteiger partial charge in [0.25, 0.3) is 5.91 Å². The molecule has 6 heteroatoms. The molecule has 2 aromatic heterocycles. The van der Waals surface area contributed by atoms with E-state index in [1.165, 1.54) is 5.56 Å². The van der Waals surface area contributed by atoms with Gasteiger partial charge in [-0.1, -0.05) is 0 Å². The number of pyridine rings is 1. The van der Waals surface area contributed by atoms with E-state index in [4.69, 9.17) is 0 Å². The molecule has 3 rings (SSSR count). The standard InChI is InChI=1S/C18H23N5O/c1-22(2)18-20-12-16(13-21-18)17(24)23-9-5-15(6-10-23)11-14-3-7-19-8-4-14/h3-4,7-8,12-13,15H,5-6,9-11H2,1-2H3. The fraction of sp³-hybridized carbons (Fsp3) is 0.444. The van der Waals surface area contributed by atoms with E-state index < -0.39 is 0 Å². The molecule has 0 saturated carbocycles. The first-order valence-corrected chi connectivity index (χ1v) is 8.31. The van der Waals surface area contributed by atoms with E-state index in [9.17, 15) is 4.79 Å². The van der Waals surface area contributed by atoms with Crippen molar-refractivity contribution >= 4 is 11.9 Å². The summed E-state index contributed by atoms with van der Waals surface area (Å²) in [5, 5.41) is 0. The van der Waals surface area contributed by atoms with Crippen LogP contribution in [-0.2, 0) is 6.42 Å². The van der Waals surface area contributed by atoms with Crippen LogP contribution < -0.4 is 4.90 Å². The molecule has 0 unspecified atom stereocenters. The maximum atomic E-state index is 12.6. The summed E-state index contributed by atoms with van der Waals surface area (Å²) in [7, 11) is 3.76. The SMILES string of the molecule is CN(C)c1ncc(C(=O)N2CCC(Cc3ccncc3)CC2)cn1. The molecule has 0 radical (unpaired) electrons. The molecule has 24 heavy (non-hydrogen) atoms. The van der Waals surface area contributed by atoms with E-state index >= 15 is 0 Å². The molecular formula is C18H23N5O. The van der Waals surface area contributed by atoms with E-state index in [0.29, 0.717) is 17.4 Å². The second kappa shape index (κ2) is 7.38. The lowest BCUT2D eigenvalue weighted by molar-refractivity contribution is 0.0689. The Morgan fingerprint density at radius 1 is 1.17 bits per heavy atom. The van der Waals surface area contributed by atoms with Gasteiger partial charge in [0.1, 0.15) is 0 Å². The Balaban J connectivity index is 1.55. The molecule has 3 heterocycles. The number of hydrogen-bond acceptors (Lipinski definition) is 5. The van der Waals surface area contributed by atoms with Gasteiger partial charge in [0, 0.05) is 52.0 Å². The summed E-state index contributed by atoms with van der Waals surface area (Å²) in [5.41, 5.74) is 1.88. The van der Waals surface area contributed by atoms with Crippen molar-refractivity contribution in [3.05, 3.63) is 48.0 Å². The Labute approximate surface area is 142 Å². The smallest absolute Gasteiger partial charge is 0.256 e. The number of aromatic nitrogens is 3. The summed E-state index contributed by atoms with van der Waals surface area (Å²) in [5.74, 6) is 1.27. The van der Waals surface area contributed by atoms with Gasteiger partial charge in [0.15, 0.2) is 0 Å². The highest BCUT2D eigenvalue weighted by Crippen LogP contribution is 2.22. The summed E-state index contributed by atoms with van der Waals surface area (Å²) in [6.45, 7) is 1.59. The zero-order valence-electron chi connectivity index (χ0n) is 14.2. The average Bonchev–Trinajstić information content (AvgIpc) is 2.63. The molecule has 0 N–H and O–H groups in total. The maximum absolute atomic E-state index is 12.6. The van der Waals surface area contributed by atoms with E-state index in [2.05, 4.69) is 27.1 Å². The summed E-state index contributed by atoms with van der Waals surface area (Å²) in [6.07, 6.45) is 10.0. The molecule has 126 valence electrons. The minimum atomic E-state index is 0.0302. The van der Waals surface area contributed by atoms with Crippen LogP contribution in [0.1, 0.15) is 28.8 Å². The Bertz CT molecular complexity index is 664. The minimum absolute atomic E-state index is 0.0302. The number of carbonyl (C=O) groups excluding carboxylic acids is 1. The number of carbonyl (C=O) groups is 1. The number of rotatable bonds is 4. The lowest BCUT2D eigenvalue weighted by Crippen LogP contribution is -2.39. The second-order valence-corrected chi connectivity index (χ2v) is 6.46. The summed E-state index contributed by atoms with van der Waals surface area (Å²) in [4.78, 5) is 28.8. The zero-order valence-corrected chi connectivity index (χ0v) is 14.2. The molecule has 6 nitrogen and oxygen atoms in total. The maximum Gasteiger partial charge on any atom is 0.256 e. The van der Waals surface area contributed by atoms with Gasteiger partial charge in [-0.05, 0) is 42.9 Å². The number of anilines is 1. The number of hydrogen-bond donors (Lipinski definition) is 0. The Kier molecular flexibility index (Phi) is 5.03. The molecule has 1 fully saturated rings. The Morgan fingerprint density at radius 3 is 2.38 bits per heavy atom. The van der Waals surface area contributed by atoms with Gasteiger partial charge < -0.3 is 9.80 Å². The lowest BCUT2D eigenvalue weighted by Gasteiger charge is -2.32. The molecular weight excluding hydrogens is 302 g/mol. The van der Waals surface area contributed by atoms with Gasteiger partial charge in [-0.3, -0.25) is 9.78 Å². The predicted molar refractivity (Wildman–Crippen MR) is 92.9 cm³/mol. The Hall–Kier alpha value is -2.50. The zero-order chi connectivity index (χ0) is 16.9. The summed E-state index contributed by atoms with van der Waals surface area (Å²) < 4.78 is 0. The van der Waals surface area contributed by atoms with Gasteiger partial charge in [-0.25, -0.2) is 9.97 Å². The number of piperidine rings is 1. The third-order valence-electron chi connectivity index (χ3n) is 4.46. The third-order valence-corrected chi connectivity index (χ3v) is 4.46. The Morgan fingerprint density at radius 2 is 1.79 bits per heavy atom. The van der Waals surface area contributed by atoms with Crippen molar-refractivity contribution in [2.24, 2.45) is 5.92 Å². The van der Waals surface area contributed by atoms with E-state index in [1.54, 1.807) is 12.4 Å². The van der Waals surface area contributed by atoms with Crippen molar-refractivity contribution in [3.8, 4) is 0 Å². The topological polar surface area (TPSA) is 62.2 Å². The van der Waals surface area contributed by atoms with Gasteiger partial charge >= 0.3 is 0 Å². The fourth-order valence-corrected chi connectivity index (χ4v) is 3.04. The first kappa shape index (κ1) is 16.4. The van der Waals surface area contributed by atoms with Crippen LogP contribution in [0, 0.1) is 5.92 Å². The lowest BCUT2D eigenvalue weighted by atomic mass is 9.90. The van der Waals surface area contributed by atoms with Crippen LogP contribution >= 0.6 is 0 Å². The molecule has 1 amide bonds. The summed E-state index contributed by atoms with van der Waals surface area (Å²) >= 11 is 0. The molecule has 0 atom stereocenters. The van der Waals surface area contributed by atoms with Crippen molar-refractivity contribution in [2.45, 2.75) is 19.3 Å². The van der Waals surface area contributed by atoms with Crippen LogP contribution in [-0.4, -0.2) is 52.9 Å². The van der Waals surface area contributed by atoms with Gasteiger partial charge in [0.05, 0.1) is 5.56 Å². The molecule has 0 aliphatic carbocycles. The number of likely N-dealkylation sites (tertiary alicyclic amines) is 1. The van der Waals surface area contributed by atoms with Crippen LogP contribution in [0.4, 0.5) is 5.95 Å². The molecule has 2 aromatic rings. The van der Waals surface area contributed by atoms with Crippen LogP contribution in [0.3, 0.4) is 0 Å². The van der Waals surface area contributed by atoms with Gasteiger partial charge in [-0.2, -0.15) is 0 Å². The molecule has 1 aliphatic heterocycles. The van der Waals surface area contributed by atoms with Gasteiger partial charge in [0.2, 0.25) is 5.95 Å². The van der Waals surface area contributed by atoms with Crippen molar-refractivity contribution in [1.29, 1.82) is 0 Å². The molecule has 1 saturated heterocycles. The van der Waals surface area contributed by atoms with E-state index in [0.717, 1.165) is 32.4 Å². The molecule has 1 aliphatic rings. The van der Waals surface area contributed by atoms with E-state index in [1.807, 2.05) is 36.3 Å². The third kappa shape index (κ3) is 3.88. The van der Waals surface area contributed by atoms with E-state index in [-0.39, 0.29) is 5.91 Å². The monoisotopic (exact) mass is 325 g/mol. The van der Waals surface area contributed by atoms with Gasteiger partial charge in [-0.15, -0.1) is 0 Å². The highest BCUT2D eigenvalue weighted by molar-refractivity contribution is 5.93. The predicted octanol–water partition coefficient (Wildman–Crippen LogP) is 2.03. The molecule has 0 aromatic carbocycles. The van der Waals surface area contributed by atoms with Crippen molar-refractivity contribution < 1.29 is 4.79 Å². The number of amides is 1. The summed E-state index contributed by atoms with van der Waals surface area (Å²) in [6, 6.07) is 4.14. The fourth-order valence-electron chi connectivity index (χ4n) is 3.04. The van der Waals surface area contributed by atoms with Crippen LogP contribution in [0.2, 0.25) is 0 Å². The van der Waals surface area contributed by atoms with Crippen molar-refractivity contribution in [2.75, 3.05) is 32.1 Å². The molecule has 0 spiro atoms. The average molecular weight is 325 g/mol. The first-order valence-electron chi connectivity index (χ1n) is 8.31. The second-order valence-electron chi connectivity index (χ2n) is 6.46. The first-order chi connectivity index (χ1) is 11.6. The van der Waals surface area contributed by atoms with Crippen molar-refractivity contribution in [1.82, 2.24) is 19.9 Å². The number of nitrogens with zero attached hydrogens (tertiary/aromatic N) is 5. The van der Waals surface area contributed by atoms with Crippen molar-refractivity contribution in [3.63, 3.8) is 0 Å². The normalized spacial score (nSPS) is 15.3. The largest absolute Gasteiger partial charge is 0.347 e. The van der Waals surface area contributed by atoms with Crippen LogP contribution in [0.25, 0.3) is 0 Å². The quantitative estimate of drug-likeness (QED) is 0.861. The highest BCUT2D eigenvalue weighted by Gasteiger charge is 2.24. The highest BCUT2D eigenvalue weighted by atomic mass is 16.2. The minimum Gasteiger partial charge on any atom is -0.347 e. The van der Waals surface area contributed by atoms with Crippen LogP contribution in [0.15, 0.2) is 36.9 Å².